The van der Waals surface area contributed by atoms with E-state index in [0.717, 1.165) is 4.47 Å². The Bertz CT molecular complexity index is 720. The Morgan fingerprint density at radius 1 is 1.10 bits per heavy atom. The molecule has 0 amide bonds. The molecule has 0 radical (unpaired) electrons. The summed E-state index contributed by atoms with van der Waals surface area (Å²) < 4.78 is 28.6. The van der Waals surface area contributed by atoms with Gasteiger partial charge in [0.15, 0.2) is 0 Å². The minimum Gasteiger partial charge on any atom is -0.394 e. The molecule has 4 nitrogen and oxygen atoms in total. The maximum absolute atomic E-state index is 12.4. The summed E-state index contributed by atoms with van der Waals surface area (Å²) in [6.07, 6.45) is 0. The normalized spacial score (nSPS) is 13.1. The molecule has 2 N–H and O–H groups in total. The third kappa shape index (κ3) is 4.14. The number of sulfonamides is 1. The molecule has 7 heteroatoms. The third-order valence-corrected chi connectivity index (χ3v) is 5.81. The van der Waals surface area contributed by atoms with Gasteiger partial charge in [0.05, 0.1) is 17.5 Å². The molecule has 21 heavy (non-hydrogen) atoms. The smallest absolute Gasteiger partial charge is 0.242 e. The van der Waals surface area contributed by atoms with Gasteiger partial charge in [0, 0.05) is 8.95 Å². The Labute approximate surface area is 140 Å². The van der Waals surface area contributed by atoms with Gasteiger partial charge in [0.2, 0.25) is 10.0 Å². The molecule has 0 heterocycles. The van der Waals surface area contributed by atoms with Crippen LogP contribution in [-0.2, 0) is 10.0 Å². The Kier molecular flexibility index (Phi) is 5.56. The second-order valence-electron chi connectivity index (χ2n) is 4.34. The lowest BCUT2D eigenvalue weighted by Crippen LogP contribution is -2.31. The molecule has 0 aliphatic carbocycles. The molecule has 0 aliphatic heterocycles. The Balaban J connectivity index is 2.32. The van der Waals surface area contributed by atoms with Crippen LogP contribution >= 0.6 is 31.9 Å². The number of nitrogens with one attached hydrogen (secondary N) is 1. The summed E-state index contributed by atoms with van der Waals surface area (Å²) >= 11 is 6.52. The monoisotopic (exact) mass is 433 g/mol. The van der Waals surface area contributed by atoms with Crippen LogP contribution in [0.4, 0.5) is 0 Å². The van der Waals surface area contributed by atoms with E-state index in [0.29, 0.717) is 10.0 Å². The minimum atomic E-state index is -3.74. The number of aliphatic hydroxyl groups excluding tert-OH is 1. The fourth-order valence-corrected chi connectivity index (χ4v) is 4.80. The molecule has 0 bridgehead atoms. The number of halogens is 2. The van der Waals surface area contributed by atoms with Gasteiger partial charge in [-0.05, 0) is 39.7 Å². The lowest BCUT2D eigenvalue weighted by molar-refractivity contribution is 0.259. The van der Waals surface area contributed by atoms with E-state index >= 15 is 0 Å². The average Bonchev–Trinajstić information content (AvgIpc) is 2.45. The topological polar surface area (TPSA) is 66.4 Å². The van der Waals surface area contributed by atoms with Crippen molar-refractivity contribution in [3.63, 3.8) is 0 Å². The van der Waals surface area contributed by atoms with Gasteiger partial charge in [0.25, 0.3) is 0 Å². The predicted molar refractivity (Wildman–Crippen MR) is 88.4 cm³/mol. The molecule has 2 aromatic rings. The van der Waals surface area contributed by atoms with Gasteiger partial charge in [-0.3, -0.25) is 0 Å². The number of hydrogen-bond donors (Lipinski definition) is 2. The second-order valence-corrected chi connectivity index (χ2v) is 7.79. The lowest BCUT2D eigenvalue weighted by atomic mass is 10.1. The van der Waals surface area contributed by atoms with Gasteiger partial charge in [-0.2, -0.15) is 0 Å². The standard InChI is InChI=1S/C14H13Br2NO3S/c15-11-6-7-14(12(16)8-11)21(19,20)17-13(9-18)10-4-2-1-3-5-10/h1-8,13,17-18H,9H2/t13-/m0/s1. The van der Waals surface area contributed by atoms with Crippen LogP contribution in [0.2, 0.25) is 0 Å². The van der Waals surface area contributed by atoms with Crippen molar-refractivity contribution in [2.75, 3.05) is 6.61 Å². The molecule has 2 rings (SSSR count). The molecule has 0 fully saturated rings. The fourth-order valence-electron chi connectivity index (χ4n) is 1.84. The van der Waals surface area contributed by atoms with E-state index in [1.807, 2.05) is 6.07 Å². The number of aliphatic hydroxyl groups is 1. The first-order chi connectivity index (χ1) is 9.94. The average molecular weight is 435 g/mol. The zero-order valence-corrected chi connectivity index (χ0v) is 14.8. The number of hydrogen-bond acceptors (Lipinski definition) is 3. The van der Waals surface area contributed by atoms with Crippen molar-refractivity contribution in [1.82, 2.24) is 4.72 Å². The minimum absolute atomic E-state index is 0.125. The van der Waals surface area contributed by atoms with E-state index in [-0.39, 0.29) is 11.5 Å². The van der Waals surface area contributed by atoms with Gasteiger partial charge >= 0.3 is 0 Å². The van der Waals surface area contributed by atoms with Crippen LogP contribution in [0.5, 0.6) is 0 Å². The molecule has 0 spiro atoms. The maximum atomic E-state index is 12.4. The summed E-state index contributed by atoms with van der Waals surface area (Å²) in [4.78, 5) is 0.125. The van der Waals surface area contributed by atoms with E-state index in [4.69, 9.17) is 0 Å². The van der Waals surface area contributed by atoms with Crippen LogP contribution in [0.25, 0.3) is 0 Å². The molecule has 1 atom stereocenters. The largest absolute Gasteiger partial charge is 0.394 e. The van der Waals surface area contributed by atoms with Gasteiger partial charge in [-0.1, -0.05) is 46.3 Å². The van der Waals surface area contributed by atoms with Crippen LogP contribution in [0.3, 0.4) is 0 Å². The Hall–Kier alpha value is -0.730. The van der Waals surface area contributed by atoms with E-state index in [1.54, 1.807) is 36.4 Å². The predicted octanol–water partition coefficient (Wildman–Crippen LogP) is 3.22. The highest BCUT2D eigenvalue weighted by molar-refractivity contribution is 9.11. The van der Waals surface area contributed by atoms with Crippen LogP contribution in [0.1, 0.15) is 11.6 Å². The van der Waals surface area contributed by atoms with Crippen molar-refractivity contribution in [2.24, 2.45) is 0 Å². The first-order valence-electron chi connectivity index (χ1n) is 6.07. The summed E-state index contributed by atoms with van der Waals surface area (Å²) in [6.45, 7) is -0.322. The SMILES string of the molecule is O=S(=O)(N[C@@H](CO)c1ccccc1)c1ccc(Br)cc1Br. The first kappa shape index (κ1) is 16.6. The van der Waals surface area contributed by atoms with Crippen LogP contribution < -0.4 is 4.72 Å². The molecular weight excluding hydrogens is 422 g/mol. The van der Waals surface area contributed by atoms with Crippen molar-refractivity contribution >= 4 is 41.9 Å². The van der Waals surface area contributed by atoms with Gasteiger partial charge in [-0.15, -0.1) is 0 Å². The molecule has 112 valence electrons. The molecule has 0 aromatic heterocycles. The fraction of sp³-hybridized carbons (Fsp3) is 0.143. The highest BCUT2D eigenvalue weighted by Gasteiger charge is 2.23. The molecule has 0 saturated carbocycles. The summed E-state index contributed by atoms with van der Waals surface area (Å²) in [7, 11) is -3.74. The quantitative estimate of drug-likeness (QED) is 0.759. The Morgan fingerprint density at radius 3 is 2.33 bits per heavy atom. The molecule has 0 saturated heterocycles. The van der Waals surface area contributed by atoms with Crippen LogP contribution in [0.15, 0.2) is 62.4 Å². The van der Waals surface area contributed by atoms with Crippen LogP contribution in [-0.4, -0.2) is 20.1 Å². The van der Waals surface area contributed by atoms with Crippen molar-refractivity contribution < 1.29 is 13.5 Å². The number of rotatable bonds is 5. The van der Waals surface area contributed by atoms with Crippen molar-refractivity contribution in [3.8, 4) is 0 Å². The zero-order valence-electron chi connectivity index (χ0n) is 10.8. The third-order valence-electron chi connectivity index (χ3n) is 2.87. The first-order valence-corrected chi connectivity index (χ1v) is 9.14. The van der Waals surface area contributed by atoms with E-state index in [1.165, 1.54) is 6.07 Å². The summed E-state index contributed by atoms with van der Waals surface area (Å²) in [5, 5.41) is 9.46. The maximum Gasteiger partial charge on any atom is 0.242 e. The van der Waals surface area contributed by atoms with Gasteiger partial charge in [0.1, 0.15) is 0 Å². The van der Waals surface area contributed by atoms with Crippen molar-refractivity contribution in [2.45, 2.75) is 10.9 Å². The van der Waals surface area contributed by atoms with Gasteiger partial charge < -0.3 is 5.11 Å². The highest BCUT2D eigenvalue weighted by Crippen LogP contribution is 2.27. The highest BCUT2D eigenvalue weighted by atomic mass is 79.9. The Morgan fingerprint density at radius 2 is 1.76 bits per heavy atom. The van der Waals surface area contributed by atoms with E-state index in [9.17, 15) is 13.5 Å². The van der Waals surface area contributed by atoms with Crippen molar-refractivity contribution in [1.29, 1.82) is 0 Å². The van der Waals surface area contributed by atoms with E-state index in [2.05, 4.69) is 36.6 Å². The van der Waals surface area contributed by atoms with Crippen molar-refractivity contribution in [3.05, 3.63) is 63.0 Å². The van der Waals surface area contributed by atoms with E-state index < -0.39 is 16.1 Å². The molecule has 0 aliphatic rings. The summed E-state index contributed by atoms with van der Waals surface area (Å²) in [5.74, 6) is 0. The summed E-state index contributed by atoms with van der Waals surface area (Å²) in [5.41, 5.74) is 0.705. The van der Waals surface area contributed by atoms with Crippen LogP contribution in [0, 0.1) is 0 Å². The lowest BCUT2D eigenvalue weighted by Gasteiger charge is -2.17. The van der Waals surface area contributed by atoms with Gasteiger partial charge in [-0.25, -0.2) is 13.1 Å². The number of benzene rings is 2. The zero-order chi connectivity index (χ0) is 15.5. The second kappa shape index (κ2) is 7.02. The molecule has 0 unspecified atom stereocenters. The summed E-state index contributed by atoms with van der Waals surface area (Å²) in [6, 6.07) is 13.1. The molecular formula is C14H13Br2NO3S. The molecule has 2 aromatic carbocycles.